The van der Waals surface area contributed by atoms with Gasteiger partial charge in [-0.25, -0.2) is 4.98 Å². The molecule has 0 aliphatic heterocycles. The van der Waals surface area contributed by atoms with E-state index < -0.39 is 0 Å². The molecule has 6 nitrogen and oxygen atoms in total. The summed E-state index contributed by atoms with van der Waals surface area (Å²) in [6, 6.07) is 1.77. The zero-order valence-electron chi connectivity index (χ0n) is 7.34. The van der Waals surface area contributed by atoms with Gasteiger partial charge in [0.25, 0.3) is 0 Å². The number of nitrogens with zero attached hydrogens (tertiary/aromatic N) is 3. The first-order chi connectivity index (χ1) is 6.84. The van der Waals surface area contributed by atoms with E-state index in [1.165, 1.54) is 12.5 Å². The molecule has 2 aromatic rings. The summed E-state index contributed by atoms with van der Waals surface area (Å²) >= 11 is 0. The highest BCUT2D eigenvalue weighted by molar-refractivity contribution is 5.38. The fourth-order valence-corrected chi connectivity index (χ4v) is 0.976. The van der Waals surface area contributed by atoms with Crippen molar-refractivity contribution in [3.63, 3.8) is 0 Å². The Morgan fingerprint density at radius 3 is 3.07 bits per heavy atom. The Kier molecular flexibility index (Phi) is 2.26. The molecule has 0 saturated heterocycles. The van der Waals surface area contributed by atoms with Crippen molar-refractivity contribution in [1.29, 1.82) is 0 Å². The van der Waals surface area contributed by atoms with Crippen molar-refractivity contribution in [1.82, 2.24) is 15.1 Å². The SMILES string of the molecule is Nc1cncc(NCc2ccon2)n1. The van der Waals surface area contributed by atoms with Gasteiger partial charge in [0.15, 0.2) is 0 Å². The number of hydrogen-bond acceptors (Lipinski definition) is 6. The van der Waals surface area contributed by atoms with Crippen LogP contribution in [0.2, 0.25) is 0 Å². The second-order valence-electron chi connectivity index (χ2n) is 2.67. The fraction of sp³-hybridized carbons (Fsp3) is 0.125. The lowest BCUT2D eigenvalue weighted by atomic mass is 10.4. The van der Waals surface area contributed by atoms with E-state index in [1.807, 2.05) is 0 Å². The van der Waals surface area contributed by atoms with Crippen LogP contribution in [0.15, 0.2) is 29.2 Å². The molecule has 72 valence electrons. The first kappa shape index (κ1) is 8.49. The maximum Gasteiger partial charge on any atom is 0.147 e. The van der Waals surface area contributed by atoms with Gasteiger partial charge in [0.1, 0.15) is 23.6 Å². The molecule has 0 aliphatic carbocycles. The average Bonchev–Trinajstić information content (AvgIpc) is 2.67. The van der Waals surface area contributed by atoms with E-state index >= 15 is 0 Å². The second kappa shape index (κ2) is 3.73. The Labute approximate surface area is 80.1 Å². The maximum absolute atomic E-state index is 5.46. The molecule has 6 heteroatoms. The van der Waals surface area contributed by atoms with E-state index in [4.69, 9.17) is 5.73 Å². The number of nitrogens with two attached hydrogens (primary N) is 1. The standard InChI is InChI=1S/C8H9N5O/c9-7-4-10-5-8(12-7)11-3-6-1-2-14-13-6/h1-2,4-5H,3H2,(H3,9,11,12). The molecular formula is C8H9N5O. The topological polar surface area (TPSA) is 89.9 Å². The molecule has 0 aliphatic rings. The highest BCUT2D eigenvalue weighted by Crippen LogP contribution is 2.04. The number of rotatable bonds is 3. The monoisotopic (exact) mass is 191 g/mol. The lowest BCUT2D eigenvalue weighted by Crippen LogP contribution is -2.03. The lowest BCUT2D eigenvalue weighted by Gasteiger charge is -2.02. The van der Waals surface area contributed by atoms with Crippen LogP contribution in [0, 0.1) is 0 Å². The molecule has 0 bridgehead atoms. The number of nitrogens with one attached hydrogen (secondary N) is 1. The number of nitrogen functional groups attached to an aromatic ring is 1. The zero-order valence-corrected chi connectivity index (χ0v) is 7.34. The molecule has 2 heterocycles. The summed E-state index contributed by atoms with van der Waals surface area (Å²) in [4.78, 5) is 7.91. The van der Waals surface area contributed by atoms with Gasteiger partial charge in [-0.1, -0.05) is 5.16 Å². The van der Waals surface area contributed by atoms with Crippen molar-refractivity contribution in [2.45, 2.75) is 6.54 Å². The Morgan fingerprint density at radius 2 is 2.36 bits per heavy atom. The van der Waals surface area contributed by atoms with Crippen LogP contribution in [-0.4, -0.2) is 15.1 Å². The minimum Gasteiger partial charge on any atom is -0.382 e. The van der Waals surface area contributed by atoms with Crippen LogP contribution in [0.25, 0.3) is 0 Å². The van der Waals surface area contributed by atoms with Gasteiger partial charge in [-0.3, -0.25) is 4.98 Å². The van der Waals surface area contributed by atoms with Crippen LogP contribution in [0.5, 0.6) is 0 Å². The van der Waals surface area contributed by atoms with E-state index in [-0.39, 0.29) is 0 Å². The number of aromatic nitrogens is 3. The summed E-state index contributed by atoms with van der Waals surface area (Å²) in [5, 5.41) is 6.75. The summed E-state index contributed by atoms with van der Waals surface area (Å²) in [7, 11) is 0. The Balaban J connectivity index is 1.98. The zero-order chi connectivity index (χ0) is 9.80. The molecular weight excluding hydrogens is 182 g/mol. The van der Waals surface area contributed by atoms with Crippen molar-refractivity contribution in [3.05, 3.63) is 30.4 Å². The predicted molar refractivity (Wildman–Crippen MR) is 50.3 cm³/mol. The van der Waals surface area contributed by atoms with E-state index in [0.29, 0.717) is 18.2 Å². The van der Waals surface area contributed by atoms with Gasteiger partial charge < -0.3 is 15.6 Å². The molecule has 0 unspecified atom stereocenters. The highest BCUT2D eigenvalue weighted by Gasteiger charge is 1.98. The predicted octanol–water partition coefficient (Wildman–Crippen LogP) is 0.659. The lowest BCUT2D eigenvalue weighted by molar-refractivity contribution is 0.412. The Hall–Kier alpha value is -2.11. The third kappa shape index (κ3) is 1.98. The van der Waals surface area contributed by atoms with E-state index in [2.05, 4.69) is 25.0 Å². The van der Waals surface area contributed by atoms with Crippen LogP contribution < -0.4 is 11.1 Å². The first-order valence-corrected chi connectivity index (χ1v) is 4.05. The summed E-state index contributed by atoms with van der Waals surface area (Å²) in [6.45, 7) is 0.536. The minimum atomic E-state index is 0.384. The minimum absolute atomic E-state index is 0.384. The van der Waals surface area contributed by atoms with Crippen molar-refractivity contribution in [3.8, 4) is 0 Å². The van der Waals surface area contributed by atoms with Gasteiger partial charge in [0.05, 0.1) is 18.9 Å². The first-order valence-electron chi connectivity index (χ1n) is 4.05. The molecule has 0 fully saturated rings. The van der Waals surface area contributed by atoms with Crippen LogP contribution in [-0.2, 0) is 6.54 Å². The second-order valence-corrected chi connectivity index (χ2v) is 2.67. The normalized spacial score (nSPS) is 10.0. The van der Waals surface area contributed by atoms with Gasteiger partial charge in [0, 0.05) is 6.07 Å². The molecule has 0 spiro atoms. The highest BCUT2D eigenvalue weighted by atomic mass is 16.5. The quantitative estimate of drug-likeness (QED) is 0.740. The molecule has 14 heavy (non-hydrogen) atoms. The fourth-order valence-electron chi connectivity index (χ4n) is 0.976. The van der Waals surface area contributed by atoms with E-state index in [9.17, 15) is 0 Å². The van der Waals surface area contributed by atoms with Gasteiger partial charge in [-0.15, -0.1) is 0 Å². The largest absolute Gasteiger partial charge is 0.382 e. The van der Waals surface area contributed by atoms with Crippen molar-refractivity contribution < 1.29 is 4.52 Å². The van der Waals surface area contributed by atoms with Crippen molar-refractivity contribution in [2.75, 3.05) is 11.1 Å². The van der Waals surface area contributed by atoms with E-state index in [0.717, 1.165) is 5.69 Å². The maximum atomic E-state index is 5.46. The number of hydrogen-bond donors (Lipinski definition) is 2. The summed E-state index contributed by atoms with van der Waals surface area (Å²) in [5.41, 5.74) is 6.26. The van der Waals surface area contributed by atoms with Crippen LogP contribution >= 0.6 is 0 Å². The Morgan fingerprint density at radius 1 is 1.43 bits per heavy atom. The van der Waals surface area contributed by atoms with Crippen molar-refractivity contribution in [2.24, 2.45) is 0 Å². The third-order valence-corrected chi connectivity index (χ3v) is 1.60. The molecule has 0 aromatic carbocycles. The molecule has 0 saturated carbocycles. The van der Waals surface area contributed by atoms with Gasteiger partial charge in [-0.2, -0.15) is 0 Å². The average molecular weight is 191 g/mol. The van der Waals surface area contributed by atoms with Crippen LogP contribution in [0.4, 0.5) is 11.6 Å². The smallest absolute Gasteiger partial charge is 0.147 e. The van der Waals surface area contributed by atoms with Crippen LogP contribution in [0.3, 0.4) is 0 Å². The molecule has 2 rings (SSSR count). The molecule has 2 aromatic heterocycles. The number of anilines is 2. The van der Waals surface area contributed by atoms with Crippen LogP contribution in [0.1, 0.15) is 5.69 Å². The van der Waals surface area contributed by atoms with Gasteiger partial charge >= 0.3 is 0 Å². The Bertz CT molecular complexity index is 400. The van der Waals surface area contributed by atoms with Gasteiger partial charge in [-0.05, 0) is 0 Å². The molecule has 3 N–H and O–H groups in total. The molecule has 0 amide bonds. The molecule has 0 radical (unpaired) electrons. The summed E-state index contributed by atoms with van der Waals surface area (Å²) in [6.07, 6.45) is 4.60. The van der Waals surface area contributed by atoms with Crippen molar-refractivity contribution >= 4 is 11.6 Å². The summed E-state index contributed by atoms with van der Waals surface area (Å²) < 4.78 is 4.68. The van der Waals surface area contributed by atoms with E-state index in [1.54, 1.807) is 12.3 Å². The molecule has 0 atom stereocenters. The van der Waals surface area contributed by atoms with Gasteiger partial charge in [0.2, 0.25) is 0 Å². The summed E-state index contributed by atoms with van der Waals surface area (Å²) in [5.74, 6) is 1.00. The third-order valence-electron chi connectivity index (χ3n) is 1.60.